The molecule has 4 aromatic rings. The van der Waals surface area contributed by atoms with Crippen molar-refractivity contribution < 1.29 is 19.0 Å². The predicted molar refractivity (Wildman–Crippen MR) is 105 cm³/mol. The standard InChI is InChI=1S/C18H13N3O4S2/c1-23-16(22)9-2-3-10-14(6-9)26-17(19-10)21-18-20-11-7-12-13(8-15(11)27-18)25-5-4-24-12/h2-3,6-8H,4-5H2,1H3,(H,19,20,21). The van der Waals surface area contributed by atoms with Gasteiger partial charge in [-0.2, -0.15) is 0 Å². The second kappa shape index (κ2) is 6.36. The van der Waals surface area contributed by atoms with Gasteiger partial charge in [-0.25, -0.2) is 14.8 Å². The molecule has 0 radical (unpaired) electrons. The van der Waals surface area contributed by atoms with E-state index in [2.05, 4.69) is 15.3 Å². The molecular formula is C18H13N3O4S2. The number of thiazole rings is 2. The van der Waals surface area contributed by atoms with Crippen LogP contribution in [0, 0.1) is 0 Å². The third-order valence-electron chi connectivity index (χ3n) is 4.08. The van der Waals surface area contributed by atoms with Gasteiger partial charge in [0.05, 0.1) is 33.1 Å². The Balaban J connectivity index is 1.46. The smallest absolute Gasteiger partial charge is 0.337 e. The summed E-state index contributed by atoms with van der Waals surface area (Å²) in [7, 11) is 1.37. The maximum atomic E-state index is 11.7. The highest BCUT2D eigenvalue weighted by atomic mass is 32.1. The molecule has 136 valence electrons. The van der Waals surface area contributed by atoms with Gasteiger partial charge in [0.1, 0.15) is 13.2 Å². The second-order valence-corrected chi connectivity index (χ2v) is 7.86. The first kappa shape index (κ1) is 16.3. The lowest BCUT2D eigenvalue weighted by Crippen LogP contribution is -2.15. The van der Waals surface area contributed by atoms with Crippen LogP contribution in [0.25, 0.3) is 20.4 Å². The Labute approximate surface area is 161 Å². The van der Waals surface area contributed by atoms with Crippen LogP contribution in [0.1, 0.15) is 10.4 Å². The molecule has 7 nitrogen and oxygen atoms in total. The monoisotopic (exact) mass is 399 g/mol. The summed E-state index contributed by atoms with van der Waals surface area (Å²) in [6.45, 7) is 1.11. The fourth-order valence-corrected chi connectivity index (χ4v) is 4.68. The highest BCUT2D eigenvalue weighted by Gasteiger charge is 2.16. The van der Waals surface area contributed by atoms with Crippen LogP contribution >= 0.6 is 22.7 Å². The van der Waals surface area contributed by atoms with Crippen molar-refractivity contribution in [2.75, 3.05) is 25.6 Å². The van der Waals surface area contributed by atoms with E-state index >= 15 is 0 Å². The molecule has 0 bridgehead atoms. The molecule has 0 amide bonds. The highest BCUT2D eigenvalue weighted by Crippen LogP contribution is 2.39. The Hall–Kier alpha value is -2.91. The Morgan fingerprint density at radius 2 is 1.67 bits per heavy atom. The third kappa shape index (κ3) is 2.94. The Bertz CT molecular complexity index is 1140. The summed E-state index contributed by atoms with van der Waals surface area (Å²) in [6, 6.07) is 9.15. The maximum absolute atomic E-state index is 11.7. The summed E-state index contributed by atoms with van der Waals surface area (Å²) in [4.78, 5) is 20.8. The van der Waals surface area contributed by atoms with Gasteiger partial charge in [0, 0.05) is 12.1 Å². The van der Waals surface area contributed by atoms with Gasteiger partial charge in [-0.1, -0.05) is 22.7 Å². The number of rotatable bonds is 3. The van der Waals surface area contributed by atoms with Crippen LogP contribution < -0.4 is 14.8 Å². The number of hydrogen-bond acceptors (Lipinski definition) is 9. The summed E-state index contributed by atoms with van der Waals surface area (Å²) in [5.74, 6) is 1.11. The fraction of sp³-hybridized carbons (Fsp3) is 0.167. The number of aromatic nitrogens is 2. The molecule has 1 N–H and O–H groups in total. The minimum atomic E-state index is -0.362. The summed E-state index contributed by atoms with van der Waals surface area (Å²) in [5, 5.41) is 4.70. The van der Waals surface area contributed by atoms with Crippen molar-refractivity contribution in [1.82, 2.24) is 9.97 Å². The van der Waals surface area contributed by atoms with Crippen LogP contribution in [0.15, 0.2) is 30.3 Å². The Morgan fingerprint density at radius 1 is 1.00 bits per heavy atom. The van der Waals surface area contributed by atoms with E-state index in [0.717, 1.165) is 37.1 Å². The van der Waals surface area contributed by atoms with E-state index in [0.29, 0.717) is 23.9 Å². The summed E-state index contributed by atoms with van der Waals surface area (Å²) in [6.07, 6.45) is 0. The number of benzene rings is 2. The van der Waals surface area contributed by atoms with Crippen molar-refractivity contribution in [3.05, 3.63) is 35.9 Å². The molecule has 0 unspecified atom stereocenters. The van der Waals surface area contributed by atoms with E-state index in [1.807, 2.05) is 18.2 Å². The largest absolute Gasteiger partial charge is 0.486 e. The van der Waals surface area contributed by atoms with Crippen molar-refractivity contribution in [1.29, 1.82) is 0 Å². The molecule has 1 aliphatic heterocycles. The first-order chi connectivity index (χ1) is 13.2. The Morgan fingerprint density at radius 3 is 2.41 bits per heavy atom. The third-order valence-corrected chi connectivity index (χ3v) is 5.94. The van der Waals surface area contributed by atoms with Crippen LogP contribution in [0.5, 0.6) is 11.5 Å². The summed E-state index contributed by atoms with van der Waals surface area (Å²) in [5.41, 5.74) is 2.17. The fourth-order valence-electron chi connectivity index (χ4n) is 2.83. The summed E-state index contributed by atoms with van der Waals surface area (Å²) < 4.78 is 17.9. The number of carbonyl (C=O) groups is 1. The number of esters is 1. The van der Waals surface area contributed by atoms with Crippen LogP contribution in [-0.4, -0.2) is 36.3 Å². The SMILES string of the molecule is COC(=O)c1ccc2nc(Nc3nc4cc5c(cc4s3)OCCO5)sc2c1. The molecule has 9 heteroatoms. The van der Waals surface area contributed by atoms with E-state index in [4.69, 9.17) is 14.2 Å². The number of nitrogens with zero attached hydrogens (tertiary/aromatic N) is 2. The van der Waals surface area contributed by atoms with Crippen LogP contribution in [-0.2, 0) is 4.74 Å². The van der Waals surface area contributed by atoms with E-state index in [1.165, 1.54) is 29.8 Å². The minimum Gasteiger partial charge on any atom is -0.486 e. The van der Waals surface area contributed by atoms with Crippen molar-refractivity contribution >= 4 is 59.3 Å². The van der Waals surface area contributed by atoms with Crippen molar-refractivity contribution in [3.63, 3.8) is 0 Å². The van der Waals surface area contributed by atoms with Gasteiger partial charge in [-0.15, -0.1) is 0 Å². The van der Waals surface area contributed by atoms with Gasteiger partial charge in [-0.05, 0) is 18.2 Å². The molecule has 1 aliphatic rings. The molecule has 0 saturated heterocycles. The average Bonchev–Trinajstić information content (AvgIpc) is 3.26. The number of fused-ring (bicyclic) bond motifs is 3. The van der Waals surface area contributed by atoms with Gasteiger partial charge in [0.25, 0.3) is 0 Å². The van der Waals surface area contributed by atoms with Crippen LogP contribution in [0.3, 0.4) is 0 Å². The van der Waals surface area contributed by atoms with Gasteiger partial charge < -0.3 is 19.5 Å². The predicted octanol–water partition coefficient (Wildman–Crippen LogP) is 4.21. The lowest BCUT2D eigenvalue weighted by Gasteiger charge is -2.17. The molecule has 0 spiro atoms. The molecule has 2 aromatic carbocycles. The molecule has 0 saturated carbocycles. The normalized spacial score (nSPS) is 13.1. The molecule has 0 fully saturated rings. The van der Waals surface area contributed by atoms with E-state index in [1.54, 1.807) is 12.1 Å². The van der Waals surface area contributed by atoms with Crippen LogP contribution in [0.2, 0.25) is 0 Å². The molecule has 3 heterocycles. The van der Waals surface area contributed by atoms with E-state index in [9.17, 15) is 4.79 Å². The van der Waals surface area contributed by atoms with E-state index in [-0.39, 0.29) is 5.97 Å². The molecular weight excluding hydrogens is 386 g/mol. The van der Waals surface area contributed by atoms with Crippen molar-refractivity contribution in [2.24, 2.45) is 0 Å². The highest BCUT2D eigenvalue weighted by molar-refractivity contribution is 7.24. The summed E-state index contributed by atoms with van der Waals surface area (Å²) >= 11 is 2.98. The number of nitrogens with one attached hydrogen (secondary N) is 1. The zero-order valence-corrected chi connectivity index (χ0v) is 15.8. The lowest BCUT2D eigenvalue weighted by atomic mass is 10.2. The number of carbonyl (C=O) groups excluding carboxylic acids is 1. The van der Waals surface area contributed by atoms with Gasteiger partial charge >= 0.3 is 5.97 Å². The maximum Gasteiger partial charge on any atom is 0.337 e. The van der Waals surface area contributed by atoms with Crippen LogP contribution in [0.4, 0.5) is 10.3 Å². The lowest BCUT2D eigenvalue weighted by molar-refractivity contribution is 0.0601. The number of ether oxygens (including phenoxy) is 3. The molecule has 0 atom stereocenters. The minimum absolute atomic E-state index is 0.362. The number of anilines is 2. The quantitative estimate of drug-likeness (QED) is 0.517. The van der Waals surface area contributed by atoms with E-state index < -0.39 is 0 Å². The average molecular weight is 399 g/mol. The van der Waals surface area contributed by atoms with Gasteiger partial charge in [0.15, 0.2) is 21.8 Å². The first-order valence-electron chi connectivity index (χ1n) is 8.16. The molecule has 2 aromatic heterocycles. The van der Waals surface area contributed by atoms with Gasteiger partial charge in [-0.3, -0.25) is 0 Å². The topological polar surface area (TPSA) is 82.6 Å². The second-order valence-electron chi connectivity index (χ2n) is 5.80. The first-order valence-corrected chi connectivity index (χ1v) is 9.79. The zero-order chi connectivity index (χ0) is 18.4. The van der Waals surface area contributed by atoms with Crippen molar-refractivity contribution in [3.8, 4) is 11.5 Å². The molecule has 27 heavy (non-hydrogen) atoms. The zero-order valence-electron chi connectivity index (χ0n) is 14.1. The Kier molecular flexibility index (Phi) is 3.83. The van der Waals surface area contributed by atoms with Gasteiger partial charge in [0.2, 0.25) is 0 Å². The van der Waals surface area contributed by atoms with Crippen molar-refractivity contribution in [2.45, 2.75) is 0 Å². The number of methoxy groups -OCH3 is 1. The number of hydrogen-bond donors (Lipinski definition) is 1. The molecule has 0 aliphatic carbocycles. The molecule has 5 rings (SSSR count).